The maximum Gasteiger partial charge on any atom is 0.338 e. The van der Waals surface area contributed by atoms with Gasteiger partial charge in [-0.15, -0.1) is 11.3 Å². The van der Waals surface area contributed by atoms with E-state index in [4.69, 9.17) is 9.84 Å². The first-order valence-corrected chi connectivity index (χ1v) is 13.2. The molecule has 3 aromatic rings. The van der Waals surface area contributed by atoms with E-state index in [0.717, 1.165) is 55.3 Å². The first-order valence-electron chi connectivity index (χ1n) is 11.5. The summed E-state index contributed by atoms with van der Waals surface area (Å²) in [6, 6.07) is 7.43. The molecule has 1 aromatic heterocycles. The van der Waals surface area contributed by atoms with Gasteiger partial charge in [0.15, 0.2) is 0 Å². The van der Waals surface area contributed by atoms with Gasteiger partial charge in [-0.25, -0.2) is 22.9 Å². The molecule has 1 fully saturated rings. The van der Waals surface area contributed by atoms with Crippen LogP contribution in [0.25, 0.3) is 10.6 Å². The van der Waals surface area contributed by atoms with Gasteiger partial charge in [0.1, 0.15) is 21.6 Å². The molecule has 4 rings (SSSR count). The predicted molar refractivity (Wildman–Crippen MR) is 137 cm³/mol. The van der Waals surface area contributed by atoms with Crippen LogP contribution < -0.4 is 9.46 Å². The van der Waals surface area contributed by atoms with Gasteiger partial charge >= 0.3 is 5.97 Å². The molecule has 192 valence electrons. The van der Waals surface area contributed by atoms with E-state index < -0.39 is 23.8 Å². The zero-order valence-electron chi connectivity index (χ0n) is 20.1. The van der Waals surface area contributed by atoms with Crippen molar-refractivity contribution >= 4 is 34.9 Å². The number of carboxylic acid groups (broad SMARTS) is 1. The van der Waals surface area contributed by atoms with Gasteiger partial charge in [-0.2, -0.15) is 0 Å². The number of thiazole rings is 1. The number of alkyl halides is 2. The lowest BCUT2D eigenvalue weighted by molar-refractivity contribution is 0.0691. The second-order valence-electron chi connectivity index (χ2n) is 9.62. The van der Waals surface area contributed by atoms with Crippen LogP contribution in [0, 0.1) is 11.2 Å². The number of halogens is 3. The molecule has 0 atom stereocenters. The summed E-state index contributed by atoms with van der Waals surface area (Å²) < 4.78 is 50.3. The van der Waals surface area contributed by atoms with Crippen molar-refractivity contribution in [2.24, 2.45) is 5.41 Å². The first-order chi connectivity index (χ1) is 17.1. The van der Waals surface area contributed by atoms with Gasteiger partial charge in [-0.1, -0.05) is 26.0 Å². The Morgan fingerprint density at radius 2 is 1.97 bits per heavy atom. The van der Waals surface area contributed by atoms with E-state index in [9.17, 15) is 18.0 Å². The minimum Gasteiger partial charge on any atom is -0.495 e. The number of nitrogens with one attached hydrogen (secondary N) is 1. The second-order valence-corrected chi connectivity index (χ2v) is 11.3. The number of benzene rings is 2. The van der Waals surface area contributed by atoms with Crippen molar-refractivity contribution in [2.75, 3.05) is 11.8 Å². The van der Waals surface area contributed by atoms with Gasteiger partial charge in [0.05, 0.1) is 18.4 Å². The molecule has 36 heavy (non-hydrogen) atoms. The number of carbonyl (C=O) groups is 1. The number of hydrogen-bond acceptors (Lipinski definition) is 6. The Balaban J connectivity index is 1.52. The molecule has 0 aliphatic heterocycles. The smallest absolute Gasteiger partial charge is 0.338 e. The highest BCUT2D eigenvalue weighted by Crippen LogP contribution is 2.44. The number of anilines is 1. The largest absolute Gasteiger partial charge is 0.495 e. The third kappa shape index (κ3) is 5.81. The molecule has 0 saturated heterocycles. The van der Waals surface area contributed by atoms with Crippen LogP contribution >= 0.6 is 23.3 Å². The molecule has 1 aliphatic rings. The molecule has 0 bridgehead atoms. The molecule has 0 amide bonds. The van der Waals surface area contributed by atoms with Gasteiger partial charge in [0.25, 0.3) is 6.43 Å². The Kier molecular flexibility index (Phi) is 7.85. The summed E-state index contributed by atoms with van der Waals surface area (Å²) in [5.74, 6) is -1.87. The number of aromatic carboxylic acids is 1. The lowest BCUT2D eigenvalue weighted by Gasteiger charge is -2.34. The van der Waals surface area contributed by atoms with Crippen molar-refractivity contribution in [1.29, 1.82) is 0 Å². The maximum absolute atomic E-state index is 14.1. The maximum atomic E-state index is 14.1. The fourth-order valence-corrected chi connectivity index (χ4v) is 6.08. The summed E-state index contributed by atoms with van der Waals surface area (Å²) >= 11 is 2.29. The Morgan fingerprint density at radius 3 is 2.61 bits per heavy atom. The van der Waals surface area contributed by atoms with Crippen molar-refractivity contribution in [3.63, 3.8) is 0 Å². The quantitative estimate of drug-likeness (QED) is 0.282. The average Bonchev–Trinajstić information content (AvgIpc) is 3.31. The summed E-state index contributed by atoms with van der Waals surface area (Å²) in [5, 5.41) is 11.8. The first kappa shape index (κ1) is 26.3. The fraction of sp³-hybridized carbons (Fsp3) is 0.385. The predicted octanol–water partition coefficient (Wildman–Crippen LogP) is 8.40. The normalized spacial score (nSPS) is 15.8. The van der Waals surface area contributed by atoms with Crippen LogP contribution in [-0.2, 0) is 0 Å². The standard InChI is InChI=1S/C26H27F3N2O3S2/c1-26(2)8-6-14(7-9-26)15-4-5-16(17(10-15)23(28)29)24-30-22(13-35-24)36-31-20-12-19(27)18(25(32)33)11-21(20)34-3/h4-5,10-14,23,31H,6-9H2,1-3H3,(H,32,33). The van der Waals surface area contributed by atoms with Gasteiger partial charge in [-0.3, -0.25) is 0 Å². The van der Waals surface area contributed by atoms with Crippen LogP contribution in [0.1, 0.15) is 73.4 Å². The van der Waals surface area contributed by atoms with Crippen molar-refractivity contribution in [3.05, 3.63) is 58.2 Å². The molecule has 10 heteroatoms. The van der Waals surface area contributed by atoms with E-state index in [1.54, 1.807) is 17.5 Å². The fourth-order valence-electron chi connectivity index (χ4n) is 4.45. The summed E-state index contributed by atoms with van der Waals surface area (Å²) in [6.07, 6.45) is 1.53. The number of nitrogens with zero attached hydrogens (tertiary/aromatic N) is 1. The van der Waals surface area contributed by atoms with Crippen LogP contribution in [0.5, 0.6) is 5.75 Å². The second kappa shape index (κ2) is 10.7. The Labute approximate surface area is 216 Å². The zero-order valence-corrected chi connectivity index (χ0v) is 21.7. The Morgan fingerprint density at radius 1 is 1.25 bits per heavy atom. The number of rotatable bonds is 8. The highest BCUT2D eigenvalue weighted by atomic mass is 32.2. The lowest BCUT2D eigenvalue weighted by Crippen LogP contribution is -2.20. The van der Waals surface area contributed by atoms with Gasteiger partial charge in [0.2, 0.25) is 0 Å². The van der Waals surface area contributed by atoms with Crippen LogP contribution in [0.15, 0.2) is 40.7 Å². The van der Waals surface area contributed by atoms with E-state index >= 15 is 0 Å². The number of ether oxygens (including phenoxy) is 1. The summed E-state index contributed by atoms with van der Waals surface area (Å²) in [7, 11) is 1.35. The molecular weight excluding hydrogens is 509 g/mol. The summed E-state index contributed by atoms with van der Waals surface area (Å²) in [5.41, 5.74) is 1.36. The van der Waals surface area contributed by atoms with E-state index in [0.29, 0.717) is 26.9 Å². The van der Waals surface area contributed by atoms with Crippen LogP contribution in [-0.4, -0.2) is 23.2 Å². The van der Waals surface area contributed by atoms with E-state index in [1.165, 1.54) is 18.4 Å². The van der Waals surface area contributed by atoms with Crippen LogP contribution in [0.3, 0.4) is 0 Å². The molecule has 2 N–H and O–H groups in total. The van der Waals surface area contributed by atoms with Crippen molar-refractivity contribution < 1.29 is 27.8 Å². The lowest BCUT2D eigenvalue weighted by atomic mass is 9.71. The van der Waals surface area contributed by atoms with E-state index in [1.807, 2.05) is 6.07 Å². The Bertz CT molecular complexity index is 1250. The molecule has 1 heterocycles. The van der Waals surface area contributed by atoms with Gasteiger partial charge in [-0.05, 0) is 54.7 Å². The monoisotopic (exact) mass is 536 g/mol. The van der Waals surface area contributed by atoms with Gasteiger partial charge < -0.3 is 14.6 Å². The molecule has 0 spiro atoms. The van der Waals surface area contributed by atoms with E-state index in [2.05, 4.69) is 23.6 Å². The van der Waals surface area contributed by atoms with E-state index in [-0.39, 0.29) is 17.0 Å². The molecule has 5 nitrogen and oxygen atoms in total. The number of aromatic nitrogens is 1. The number of carboxylic acids is 1. The Hall–Kier alpha value is -2.72. The third-order valence-corrected chi connectivity index (χ3v) is 8.38. The van der Waals surface area contributed by atoms with Gasteiger partial charge in [0, 0.05) is 34.5 Å². The molecule has 0 radical (unpaired) electrons. The van der Waals surface area contributed by atoms with Crippen molar-refractivity contribution in [2.45, 2.75) is 56.9 Å². The minimum atomic E-state index is -2.63. The zero-order chi connectivity index (χ0) is 26.0. The molecule has 1 aliphatic carbocycles. The number of methoxy groups -OCH3 is 1. The molecular formula is C26H27F3N2O3S2. The minimum absolute atomic E-state index is 0.0239. The van der Waals surface area contributed by atoms with Crippen molar-refractivity contribution in [3.8, 4) is 16.3 Å². The summed E-state index contributed by atoms with van der Waals surface area (Å²) in [4.78, 5) is 15.6. The third-order valence-electron chi connectivity index (χ3n) is 6.62. The highest BCUT2D eigenvalue weighted by molar-refractivity contribution is 8.00. The van der Waals surface area contributed by atoms with Crippen LogP contribution in [0.4, 0.5) is 18.9 Å². The van der Waals surface area contributed by atoms with Crippen LogP contribution in [0.2, 0.25) is 0 Å². The molecule has 1 saturated carbocycles. The summed E-state index contributed by atoms with van der Waals surface area (Å²) in [6.45, 7) is 4.50. The molecule has 0 unspecified atom stereocenters. The average molecular weight is 537 g/mol. The highest BCUT2D eigenvalue weighted by Gasteiger charge is 2.29. The SMILES string of the molecule is COc1cc(C(=O)O)c(F)cc1NSc1csc(-c2ccc(C3CCC(C)(C)CC3)cc2C(F)F)n1. The topological polar surface area (TPSA) is 71.5 Å². The number of hydrogen-bond donors (Lipinski definition) is 2. The molecule has 2 aromatic carbocycles. The van der Waals surface area contributed by atoms with Crippen molar-refractivity contribution in [1.82, 2.24) is 4.98 Å².